The standard InChI is InChI=1S/C13H11BrCl2N2/c14-9-2-1-8(11(15)6-9)5-13(17)10-3-4-18-7-12(10)16/h1-4,6-7,13H,5,17H2. The molecule has 1 aromatic heterocycles. The smallest absolute Gasteiger partial charge is 0.0637 e. The van der Waals surface area contributed by atoms with Gasteiger partial charge in [0.15, 0.2) is 0 Å². The Balaban J connectivity index is 2.21. The zero-order valence-electron chi connectivity index (χ0n) is 9.41. The van der Waals surface area contributed by atoms with E-state index in [0.29, 0.717) is 16.5 Å². The summed E-state index contributed by atoms with van der Waals surface area (Å²) in [5.41, 5.74) is 8.03. The Morgan fingerprint density at radius 2 is 2.00 bits per heavy atom. The van der Waals surface area contributed by atoms with Crippen LogP contribution in [0.3, 0.4) is 0 Å². The molecule has 0 radical (unpaired) electrons. The minimum absolute atomic E-state index is 0.195. The second kappa shape index (κ2) is 6.02. The van der Waals surface area contributed by atoms with Crippen LogP contribution in [0.1, 0.15) is 17.2 Å². The number of nitrogens with two attached hydrogens (primary N) is 1. The summed E-state index contributed by atoms with van der Waals surface area (Å²) in [7, 11) is 0. The lowest BCUT2D eigenvalue weighted by molar-refractivity contribution is 0.721. The van der Waals surface area contributed by atoms with E-state index in [1.807, 2.05) is 24.3 Å². The third-order valence-corrected chi connectivity index (χ3v) is 3.82. The molecule has 2 N–H and O–H groups in total. The number of pyridine rings is 1. The fourth-order valence-corrected chi connectivity index (χ4v) is 2.73. The van der Waals surface area contributed by atoms with Crippen molar-refractivity contribution in [2.45, 2.75) is 12.5 Å². The van der Waals surface area contributed by atoms with E-state index in [1.54, 1.807) is 12.4 Å². The topological polar surface area (TPSA) is 38.9 Å². The van der Waals surface area contributed by atoms with Crippen molar-refractivity contribution in [1.82, 2.24) is 4.98 Å². The molecule has 1 aromatic carbocycles. The molecule has 0 saturated heterocycles. The van der Waals surface area contributed by atoms with Crippen LogP contribution in [0.4, 0.5) is 0 Å². The van der Waals surface area contributed by atoms with Crippen LogP contribution in [0.2, 0.25) is 10.0 Å². The maximum absolute atomic E-state index is 6.17. The molecular weight excluding hydrogens is 335 g/mol. The van der Waals surface area contributed by atoms with Gasteiger partial charge in [0.25, 0.3) is 0 Å². The number of nitrogens with zero attached hydrogens (tertiary/aromatic N) is 1. The number of halogens is 3. The average Bonchev–Trinajstić information content (AvgIpc) is 2.33. The molecule has 0 fully saturated rings. The van der Waals surface area contributed by atoms with Crippen LogP contribution >= 0.6 is 39.1 Å². The first-order valence-electron chi connectivity index (χ1n) is 5.37. The molecule has 18 heavy (non-hydrogen) atoms. The van der Waals surface area contributed by atoms with Gasteiger partial charge >= 0.3 is 0 Å². The zero-order chi connectivity index (χ0) is 13.1. The van der Waals surface area contributed by atoms with Crippen molar-refractivity contribution in [3.63, 3.8) is 0 Å². The molecule has 1 heterocycles. The van der Waals surface area contributed by atoms with Crippen molar-refractivity contribution in [1.29, 1.82) is 0 Å². The summed E-state index contributed by atoms with van der Waals surface area (Å²) in [6.07, 6.45) is 3.92. The van der Waals surface area contributed by atoms with Gasteiger partial charge in [-0.3, -0.25) is 4.98 Å². The van der Waals surface area contributed by atoms with Gasteiger partial charge in [-0.2, -0.15) is 0 Å². The SMILES string of the molecule is NC(Cc1ccc(Br)cc1Cl)c1ccncc1Cl. The largest absolute Gasteiger partial charge is 0.324 e. The first-order valence-corrected chi connectivity index (χ1v) is 6.91. The quantitative estimate of drug-likeness (QED) is 0.895. The van der Waals surface area contributed by atoms with E-state index < -0.39 is 0 Å². The number of aromatic nitrogens is 1. The molecule has 0 bridgehead atoms. The van der Waals surface area contributed by atoms with Gasteiger partial charge < -0.3 is 5.73 Å². The summed E-state index contributed by atoms with van der Waals surface area (Å²) in [4.78, 5) is 3.94. The van der Waals surface area contributed by atoms with Gasteiger partial charge in [-0.1, -0.05) is 45.2 Å². The second-order valence-electron chi connectivity index (χ2n) is 3.94. The summed E-state index contributed by atoms with van der Waals surface area (Å²) in [6, 6.07) is 7.40. The molecule has 5 heteroatoms. The Kier molecular flexibility index (Phi) is 4.62. The molecule has 2 aromatic rings. The molecule has 0 spiro atoms. The molecule has 2 rings (SSSR count). The molecule has 0 saturated carbocycles. The highest BCUT2D eigenvalue weighted by atomic mass is 79.9. The van der Waals surface area contributed by atoms with Crippen molar-refractivity contribution in [3.05, 3.63) is 62.3 Å². The number of benzene rings is 1. The summed E-state index contributed by atoms with van der Waals surface area (Å²) in [5, 5.41) is 1.28. The van der Waals surface area contributed by atoms with Crippen molar-refractivity contribution < 1.29 is 0 Å². The third kappa shape index (κ3) is 3.23. The Morgan fingerprint density at radius 1 is 1.22 bits per heavy atom. The molecular formula is C13H11BrCl2N2. The lowest BCUT2D eigenvalue weighted by Crippen LogP contribution is -2.14. The summed E-state index contributed by atoms with van der Waals surface area (Å²) in [6.45, 7) is 0. The van der Waals surface area contributed by atoms with Crippen LogP contribution in [0.15, 0.2) is 41.1 Å². The molecule has 0 amide bonds. The molecule has 94 valence electrons. The van der Waals surface area contributed by atoms with Crippen molar-refractivity contribution in [3.8, 4) is 0 Å². The minimum Gasteiger partial charge on any atom is -0.324 e. The lowest BCUT2D eigenvalue weighted by Gasteiger charge is -2.14. The highest BCUT2D eigenvalue weighted by molar-refractivity contribution is 9.10. The van der Waals surface area contributed by atoms with Gasteiger partial charge in [0.2, 0.25) is 0 Å². The summed E-state index contributed by atoms with van der Waals surface area (Å²) in [5.74, 6) is 0. The Labute approximate surface area is 124 Å². The van der Waals surface area contributed by atoms with Gasteiger partial charge in [0.05, 0.1) is 5.02 Å². The Morgan fingerprint density at radius 3 is 2.67 bits per heavy atom. The third-order valence-electron chi connectivity index (χ3n) is 2.66. The molecule has 0 aliphatic rings. The number of hydrogen-bond acceptors (Lipinski definition) is 2. The molecule has 0 aliphatic heterocycles. The minimum atomic E-state index is -0.195. The van der Waals surface area contributed by atoms with Crippen LogP contribution in [0, 0.1) is 0 Å². The van der Waals surface area contributed by atoms with E-state index in [9.17, 15) is 0 Å². The fourth-order valence-electron chi connectivity index (χ4n) is 1.72. The van der Waals surface area contributed by atoms with E-state index in [-0.39, 0.29) is 6.04 Å². The van der Waals surface area contributed by atoms with Crippen LogP contribution in [-0.4, -0.2) is 4.98 Å². The van der Waals surface area contributed by atoms with Gasteiger partial charge in [-0.25, -0.2) is 0 Å². The second-order valence-corrected chi connectivity index (χ2v) is 5.67. The van der Waals surface area contributed by atoms with Gasteiger partial charge in [-0.15, -0.1) is 0 Å². The first-order chi connectivity index (χ1) is 8.58. The molecule has 1 atom stereocenters. The molecule has 0 aliphatic carbocycles. The number of hydrogen-bond donors (Lipinski definition) is 1. The van der Waals surface area contributed by atoms with E-state index in [4.69, 9.17) is 28.9 Å². The maximum Gasteiger partial charge on any atom is 0.0637 e. The van der Waals surface area contributed by atoms with Gasteiger partial charge in [-0.05, 0) is 35.7 Å². The maximum atomic E-state index is 6.17. The highest BCUT2D eigenvalue weighted by Gasteiger charge is 2.12. The average molecular weight is 346 g/mol. The van der Waals surface area contributed by atoms with Crippen LogP contribution in [0.25, 0.3) is 0 Å². The van der Waals surface area contributed by atoms with E-state index >= 15 is 0 Å². The van der Waals surface area contributed by atoms with Crippen molar-refractivity contribution in [2.75, 3.05) is 0 Å². The van der Waals surface area contributed by atoms with E-state index in [2.05, 4.69) is 20.9 Å². The van der Waals surface area contributed by atoms with Gasteiger partial charge in [0.1, 0.15) is 0 Å². The number of rotatable bonds is 3. The van der Waals surface area contributed by atoms with Gasteiger partial charge in [0, 0.05) is 27.9 Å². The first kappa shape index (κ1) is 13.8. The Hall–Kier alpha value is -0.610. The van der Waals surface area contributed by atoms with Crippen LogP contribution in [0.5, 0.6) is 0 Å². The summed E-state index contributed by atoms with van der Waals surface area (Å²) >= 11 is 15.6. The lowest BCUT2D eigenvalue weighted by atomic mass is 10.0. The monoisotopic (exact) mass is 344 g/mol. The van der Waals surface area contributed by atoms with E-state index in [1.165, 1.54) is 0 Å². The fraction of sp³-hybridized carbons (Fsp3) is 0.154. The normalized spacial score (nSPS) is 12.4. The zero-order valence-corrected chi connectivity index (χ0v) is 12.5. The summed E-state index contributed by atoms with van der Waals surface area (Å²) < 4.78 is 0.951. The Bertz CT molecular complexity index is 560. The van der Waals surface area contributed by atoms with Crippen LogP contribution in [-0.2, 0) is 6.42 Å². The predicted molar refractivity (Wildman–Crippen MR) is 79.0 cm³/mol. The van der Waals surface area contributed by atoms with Crippen molar-refractivity contribution >= 4 is 39.1 Å². The van der Waals surface area contributed by atoms with Crippen LogP contribution < -0.4 is 5.73 Å². The van der Waals surface area contributed by atoms with Crippen molar-refractivity contribution in [2.24, 2.45) is 5.73 Å². The molecule has 1 unspecified atom stereocenters. The van der Waals surface area contributed by atoms with E-state index in [0.717, 1.165) is 15.6 Å². The molecule has 2 nitrogen and oxygen atoms in total. The predicted octanol–water partition coefficient (Wildman–Crippen LogP) is 4.39. The highest BCUT2D eigenvalue weighted by Crippen LogP contribution is 2.27.